The average molecular weight is 498 g/mol. The second kappa shape index (κ2) is 12.9. The number of methoxy groups -OCH3 is 6. The highest BCUT2D eigenvalue weighted by atomic mass is 32.3. The number of nitrogens with one attached hydrogen (secondary N) is 1. The lowest BCUT2D eigenvalue weighted by molar-refractivity contribution is 0.374. The molecule has 0 radical (unpaired) electrons. The average Bonchev–Trinajstić information content (AvgIpc) is 2.84. The normalized spacial score (nSPS) is 13.0. The molecule has 0 fully saturated rings. The summed E-state index contributed by atoms with van der Waals surface area (Å²) in [6.45, 7) is 0. The molecule has 1 N–H and O–H groups in total. The molecule has 2 rings (SSSR count). The summed E-state index contributed by atoms with van der Waals surface area (Å²) in [5.74, 6) is 2.99. The van der Waals surface area contributed by atoms with E-state index in [2.05, 4.69) is 4.13 Å². The maximum atomic E-state index is 12.4. The summed E-state index contributed by atoms with van der Waals surface area (Å²) in [7, 11) is 5.55. The van der Waals surface area contributed by atoms with E-state index in [9.17, 15) is 8.42 Å². The van der Waals surface area contributed by atoms with E-state index in [0.29, 0.717) is 45.6 Å². The van der Waals surface area contributed by atoms with Gasteiger partial charge in [-0.2, -0.15) is 0 Å². The number of rotatable bonds is 12. The van der Waals surface area contributed by atoms with Gasteiger partial charge in [-0.15, -0.1) is 4.13 Å². The first-order chi connectivity index (χ1) is 15.9. The fourth-order valence-corrected chi connectivity index (χ4v) is 4.40. The van der Waals surface area contributed by atoms with Crippen LogP contribution < -0.4 is 32.5 Å². The Kier molecular flexibility index (Phi) is 10.2. The van der Waals surface area contributed by atoms with E-state index < -0.39 is 22.0 Å². The highest BCUT2D eigenvalue weighted by Crippen LogP contribution is 2.36. The van der Waals surface area contributed by atoms with Gasteiger partial charge in [0.05, 0.1) is 53.8 Å². The Morgan fingerprint density at radius 2 is 0.879 bits per heavy atom. The van der Waals surface area contributed by atoms with Gasteiger partial charge in [0.15, 0.2) is 0 Å². The van der Waals surface area contributed by atoms with Crippen molar-refractivity contribution in [1.29, 1.82) is 0 Å². The molecule has 0 aliphatic heterocycles. The van der Waals surface area contributed by atoms with Gasteiger partial charge >= 0.3 is 0 Å². The Morgan fingerprint density at radius 3 is 1.12 bits per heavy atom. The van der Waals surface area contributed by atoms with Crippen molar-refractivity contribution in [3.05, 3.63) is 46.2 Å². The molecule has 33 heavy (non-hydrogen) atoms. The second-order valence-corrected chi connectivity index (χ2v) is 8.58. The van der Waals surface area contributed by atoms with Crippen LogP contribution in [0.1, 0.15) is 11.1 Å². The molecule has 0 aliphatic rings. The van der Waals surface area contributed by atoms with Gasteiger partial charge in [-0.1, -0.05) is 0 Å². The fraction of sp³-hybridized carbons (Fsp3) is 0.273. The van der Waals surface area contributed by atoms with Gasteiger partial charge in [0.25, 0.3) is 0 Å². The molecule has 0 heterocycles. The lowest BCUT2D eigenvalue weighted by Crippen LogP contribution is -2.15. The molecule has 2 aromatic rings. The van der Waals surface area contributed by atoms with Crippen LogP contribution in [0.25, 0.3) is 12.2 Å². The van der Waals surface area contributed by atoms with E-state index in [4.69, 9.17) is 28.4 Å². The molecule has 2 unspecified atom stereocenters. The zero-order valence-electron chi connectivity index (χ0n) is 19.2. The lowest BCUT2D eigenvalue weighted by Gasteiger charge is -2.12. The summed E-state index contributed by atoms with van der Waals surface area (Å²) >= 11 is 0. The minimum atomic E-state index is -1.76. The van der Waals surface area contributed by atoms with E-state index in [1.165, 1.54) is 53.5 Å². The zero-order chi connectivity index (χ0) is 24.4. The van der Waals surface area contributed by atoms with Crippen molar-refractivity contribution in [2.45, 2.75) is 0 Å². The molecule has 180 valence electrons. The Hall–Kier alpha value is -3.02. The minimum absolute atomic E-state index is 0.471. The highest BCUT2D eigenvalue weighted by Gasteiger charge is 2.13. The van der Waals surface area contributed by atoms with Gasteiger partial charge in [0.1, 0.15) is 56.5 Å². The molecule has 11 heteroatoms. The van der Waals surface area contributed by atoms with Crippen molar-refractivity contribution in [2.75, 3.05) is 42.7 Å². The Labute approximate surface area is 198 Å². The largest absolute Gasteiger partial charge is 0.496 e. The number of hydrogen-bond donors (Lipinski definition) is 1. The molecule has 0 spiro atoms. The molecule has 0 aromatic heterocycles. The smallest absolute Gasteiger partial charge is 0.133 e. The Bertz CT molecular complexity index is 935. The second-order valence-electron chi connectivity index (χ2n) is 6.17. The quantitative estimate of drug-likeness (QED) is 0.477. The van der Waals surface area contributed by atoms with Crippen molar-refractivity contribution in [3.8, 4) is 34.5 Å². The molecule has 0 saturated carbocycles. The first kappa shape index (κ1) is 26.2. The number of ether oxygens (including phenoxy) is 6. The molecule has 2 atom stereocenters. The third-order valence-corrected chi connectivity index (χ3v) is 6.47. The highest BCUT2D eigenvalue weighted by molar-refractivity contribution is 8.01. The number of benzene rings is 2. The summed E-state index contributed by atoms with van der Waals surface area (Å²) in [6.07, 6.45) is 3.10. The summed E-state index contributed by atoms with van der Waals surface area (Å²) in [5.41, 5.74) is 1.12. The van der Waals surface area contributed by atoms with Crippen molar-refractivity contribution in [3.63, 3.8) is 0 Å². The maximum Gasteiger partial charge on any atom is 0.133 e. The van der Waals surface area contributed by atoms with E-state index >= 15 is 0 Å². The van der Waals surface area contributed by atoms with Crippen molar-refractivity contribution < 1.29 is 36.8 Å². The predicted molar refractivity (Wildman–Crippen MR) is 130 cm³/mol. The van der Waals surface area contributed by atoms with E-state index in [-0.39, 0.29) is 0 Å². The first-order valence-corrected chi connectivity index (χ1v) is 11.9. The predicted octanol–water partition coefficient (Wildman–Crippen LogP) is 3.30. The molecule has 0 saturated heterocycles. The molecule has 0 aliphatic carbocycles. The van der Waals surface area contributed by atoms with Gasteiger partial charge in [0, 0.05) is 35.1 Å². The van der Waals surface area contributed by atoms with Crippen LogP contribution in [0.3, 0.4) is 0 Å². The molecule has 9 nitrogen and oxygen atoms in total. The zero-order valence-corrected chi connectivity index (χ0v) is 20.8. The molecular weight excluding hydrogens is 470 g/mol. The fourth-order valence-electron chi connectivity index (χ4n) is 2.79. The van der Waals surface area contributed by atoms with Gasteiger partial charge in [-0.05, 0) is 12.2 Å². The maximum absolute atomic E-state index is 12.4. The van der Waals surface area contributed by atoms with Crippen LogP contribution in [0.5, 0.6) is 34.5 Å². The van der Waals surface area contributed by atoms with Gasteiger partial charge < -0.3 is 28.4 Å². The topological polar surface area (TPSA) is 102 Å². The standard InChI is InChI=1S/C22H27NO8S2/c1-26-15-11-19(28-3)17(20(12-15)29-4)7-9-32(24)23-33(25)10-8-18-21(30-5)13-16(27-2)14-22(18)31-6/h7-14,23H,1-6H3/b9-7-,10-8+. The van der Waals surface area contributed by atoms with E-state index in [0.717, 1.165) is 0 Å². The summed E-state index contributed by atoms with van der Waals surface area (Å²) in [6, 6.07) is 6.70. The lowest BCUT2D eigenvalue weighted by atomic mass is 10.1. The van der Waals surface area contributed by atoms with Crippen LogP contribution in [0.2, 0.25) is 0 Å². The third kappa shape index (κ3) is 6.98. The first-order valence-electron chi connectivity index (χ1n) is 9.44. The Morgan fingerprint density at radius 1 is 0.576 bits per heavy atom. The monoisotopic (exact) mass is 497 g/mol. The third-order valence-electron chi connectivity index (χ3n) is 4.39. The van der Waals surface area contributed by atoms with Crippen LogP contribution in [0.4, 0.5) is 0 Å². The molecule has 0 bridgehead atoms. The van der Waals surface area contributed by atoms with E-state index in [1.807, 2.05) is 0 Å². The van der Waals surface area contributed by atoms with Crippen LogP contribution in [-0.4, -0.2) is 51.1 Å². The van der Waals surface area contributed by atoms with Crippen molar-refractivity contribution >= 4 is 34.1 Å². The molecule has 0 amide bonds. The summed E-state index contributed by atoms with van der Waals surface area (Å²) in [5, 5.41) is 2.68. The molecule has 2 aromatic carbocycles. The molecular formula is C22H27NO8S2. The number of hydrogen-bond acceptors (Lipinski definition) is 8. The van der Waals surface area contributed by atoms with Gasteiger partial charge in [-0.3, -0.25) is 0 Å². The van der Waals surface area contributed by atoms with Crippen LogP contribution >= 0.6 is 0 Å². The summed E-state index contributed by atoms with van der Waals surface area (Å²) < 4.78 is 59.1. The Balaban J connectivity index is 2.18. The van der Waals surface area contributed by atoms with Crippen LogP contribution in [0.15, 0.2) is 35.1 Å². The van der Waals surface area contributed by atoms with Crippen LogP contribution in [0, 0.1) is 0 Å². The SMILES string of the molecule is COc1cc(OC)c(/C=C\S(=O)NS(=O)/C=C/c2c(OC)cc(OC)cc2OC)c(OC)c1. The van der Waals surface area contributed by atoms with Crippen molar-refractivity contribution in [2.24, 2.45) is 0 Å². The van der Waals surface area contributed by atoms with Gasteiger partial charge in [0.2, 0.25) is 0 Å². The van der Waals surface area contributed by atoms with Gasteiger partial charge in [-0.25, -0.2) is 8.42 Å². The minimum Gasteiger partial charge on any atom is -0.496 e. The van der Waals surface area contributed by atoms with Crippen LogP contribution in [-0.2, 0) is 22.0 Å². The summed E-state index contributed by atoms with van der Waals surface area (Å²) in [4.78, 5) is 0. The van der Waals surface area contributed by atoms with E-state index in [1.54, 1.807) is 36.4 Å². The van der Waals surface area contributed by atoms with Crippen molar-refractivity contribution in [1.82, 2.24) is 4.13 Å².